The Hall–Kier alpha value is -3.05. The minimum atomic E-state index is -0.782. The van der Waals surface area contributed by atoms with E-state index in [9.17, 15) is 10.3 Å². The lowest BCUT2D eigenvalue weighted by molar-refractivity contribution is 0.217. The lowest BCUT2D eigenvalue weighted by atomic mass is 9.78. The average Bonchev–Trinajstić information content (AvgIpc) is 2.98. The zero-order valence-electron chi connectivity index (χ0n) is 19.6. The molecule has 0 spiro atoms. The molecule has 5 heteroatoms. The summed E-state index contributed by atoms with van der Waals surface area (Å²) >= 11 is 0. The van der Waals surface area contributed by atoms with Gasteiger partial charge in [-0.1, -0.05) is 54.6 Å². The molecular formula is C28H33NO4. The minimum Gasteiger partial charge on any atom is -0.497 e. The van der Waals surface area contributed by atoms with Crippen molar-refractivity contribution >= 4 is 5.71 Å². The number of allylic oxidation sites excluding steroid dienone is 4. The molecule has 2 N–H and O–H groups in total. The highest BCUT2D eigenvalue weighted by molar-refractivity contribution is 6.06. The number of oxime groups is 1. The maximum absolute atomic E-state index is 10.9. The number of aliphatic hydroxyl groups excluding tert-OH is 1. The normalized spacial score (nSPS) is 25.5. The van der Waals surface area contributed by atoms with Gasteiger partial charge in [0.05, 0.1) is 20.3 Å². The number of benzene rings is 2. The summed E-state index contributed by atoms with van der Waals surface area (Å²) in [6, 6.07) is 12.3. The molecule has 0 bridgehead atoms. The van der Waals surface area contributed by atoms with Crippen LogP contribution in [0.15, 0.2) is 65.9 Å². The van der Waals surface area contributed by atoms with Crippen LogP contribution in [0.25, 0.3) is 0 Å². The molecule has 174 valence electrons. The van der Waals surface area contributed by atoms with Crippen molar-refractivity contribution in [2.24, 2.45) is 11.1 Å². The summed E-state index contributed by atoms with van der Waals surface area (Å²) in [5.41, 5.74) is 4.72. The van der Waals surface area contributed by atoms with E-state index in [0.717, 1.165) is 53.0 Å². The molecule has 0 aliphatic heterocycles. The molecule has 0 fully saturated rings. The SMILES string of the molecule is COc1cc(CCC2CCC(O)/C(=N\O)c3c2cccc3C2C=CC=CC2C)cc(OC)c1. The van der Waals surface area contributed by atoms with Crippen LogP contribution in [0, 0.1) is 5.92 Å². The second-order valence-electron chi connectivity index (χ2n) is 9.00. The molecule has 5 nitrogen and oxygen atoms in total. The van der Waals surface area contributed by atoms with Crippen molar-refractivity contribution in [2.45, 2.75) is 50.5 Å². The number of rotatable bonds is 6. The molecule has 33 heavy (non-hydrogen) atoms. The fraction of sp³-hybridized carbons (Fsp3) is 0.393. The average molecular weight is 448 g/mol. The lowest BCUT2D eigenvalue weighted by Crippen LogP contribution is -2.23. The maximum atomic E-state index is 10.9. The Morgan fingerprint density at radius 2 is 1.67 bits per heavy atom. The van der Waals surface area contributed by atoms with E-state index in [4.69, 9.17) is 9.47 Å². The Kier molecular flexibility index (Phi) is 7.19. The summed E-state index contributed by atoms with van der Waals surface area (Å²) in [5, 5.41) is 24.4. The maximum Gasteiger partial charge on any atom is 0.122 e. The molecule has 2 aromatic rings. The quantitative estimate of drug-likeness (QED) is 0.344. The highest BCUT2D eigenvalue weighted by Gasteiger charge is 2.32. The van der Waals surface area contributed by atoms with Gasteiger partial charge < -0.3 is 19.8 Å². The molecule has 4 atom stereocenters. The summed E-state index contributed by atoms with van der Waals surface area (Å²) in [7, 11) is 3.32. The van der Waals surface area contributed by atoms with Crippen molar-refractivity contribution in [1.29, 1.82) is 0 Å². The van der Waals surface area contributed by atoms with Crippen molar-refractivity contribution < 1.29 is 19.8 Å². The molecule has 2 aliphatic rings. The Morgan fingerprint density at radius 3 is 2.33 bits per heavy atom. The van der Waals surface area contributed by atoms with E-state index >= 15 is 0 Å². The number of methoxy groups -OCH3 is 2. The molecule has 4 unspecified atom stereocenters. The molecule has 0 radical (unpaired) electrons. The number of hydrogen-bond acceptors (Lipinski definition) is 5. The van der Waals surface area contributed by atoms with Gasteiger partial charge in [-0.2, -0.15) is 0 Å². The predicted molar refractivity (Wildman–Crippen MR) is 131 cm³/mol. The van der Waals surface area contributed by atoms with Crippen LogP contribution < -0.4 is 9.47 Å². The summed E-state index contributed by atoms with van der Waals surface area (Å²) in [6.07, 6.45) is 10.9. The van der Waals surface area contributed by atoms with Gasteiger partial charge in [0.25, 0.3) is 0 Å². The first-order chi connectivity index (χ1) is 16.0. The van der Waals surface area contributed by atoms with Gasteiger partial charge in [0, 0.05) is 17.5 Å². The van der Waals surface area contributed by atoms with Crippen LogP contribution in [-0.4, -0.2) is 36.3 Å². The van der Waals surface area contributed by atoms with Gasteiger partial charge in [-0.25, -0.2) is 0 Å². The highest BCUT2D eigenvalue weighted by Crippen LogP contribution is 2.41. The van der Waals surface area contributed by atoms with Crippen LogP contribution in [0.5, 0.6) is 11.5 Å². The van der Waals surface area contributed by atoms with Crippen LogP contribution in [0.3, 0.4) is 0 Å². The van der Waals surface area contributed by atoms with Crippen LogP contribution in [0.2, 0.25) is 0 Å². The third-order valence-corrected chi connectivity index (χ3v) is 7.00. The Bertz CT molecular complexity index is 1050. The van der Waals surface area contributed by atoms with E-state index in [2.05, 4.69) is 54.6 Å². The van der Waals surface area contributed by atoms with E-state index in [-0.39, 0.29) is 11.8 Å². The standard InChI is InChI=1S/C28H33NO4/c1-18-7-4-5-8-23(18)25-10-6-9-24-20(13-14-26(30)28(29-31)27(24)25)12-11-19-15-21(32-2)17-22(16-19)33-3/h4-10,15-18,20,23,26,30-31H,11-14H2,1-3H3/b29-28+. The predicted octanol–water partition coefficient (Wildman–Crippen LogP) is 5.60. The number of hydrogen-bond donors (Lipinski definition) is 2. The lowest BCUT2D eigenvalue weighted by Gasteiger charge is -2.27. The van der Waals surface area contributed by atoms with Crippen molar-refractivity contribution in [3.63, 3.8) is 0 Å². The van der Waals surface area contributed by atoms with Gasteiger partial charge in [0.2, 0.25) is 0 Å². The first kappa shape index (κ1) is 23.1. The number of aliphatic hydroxyl groups is 1. The van der Waals surface area contributed by atoms with E-state index in [1.807, 2.05) is 18.2 Å². The monoisotopic (exact) mass is 447 g/mol. The fourth-order valence-electron chi connectivity index (χ4n) is 5.19. The fourth-order valence-corrected chi connectivity index (χ4v) is 5.19. The van der Waals surface area contributed by atoms with Crippen molar-refractivity contribution in [2.75, 3.05) is 14.2 Å². The molecule has 4 rings (SSSR count). The van der Waals surface area contributed by atoms with Gasteiger partial charge in [0.15, 0.2) is 0 Å². The second kappa shape index (κ2) is 10.3. The minimum absolute atomic E-state index is 0.176. The van der Waals surface area contributed by atoms with Gasteiger partial charge >= 0.3 is 0 Å². The molecule has 2 aliphatic carbocycles. The van der Waals surface area contributed by atoms with E-state index in [1.54, 1.807) is 14.2 Å². The molecular weight excluding hydrogens is 414 g/mol. The summed E-state index contributed by atoms with van der Waals surface area (Å²) in [6.45, 7) is 2.20. The number of fused-ring (bicyclic) bond motifs is 1. The Morgan fingerprint density at radius 1 is 0.970 bits per heavy atom. The topological polar surface area (TPSA) is 71.3 Å². The third-order valence-electron chi connectivity index (χ3n) is 7.00. The van der Waals surface area contributed by atoms with Crippen LogP contribution in [0.1, 0.15) is 60.3 Å². The zero-order valence-corrected chi connectivity index (χ0v) is 19.6. The van der Waals surface area contributed by atoms with E-state index in [1.165, 1.54) is 0 Å². The molecule has 0 saturated carbocycles. The van der Waals surface area contributed by atoms with Gasteiger partial charge in [-0.15, -0.1) is 0 Å². The van der Waals surface area contributed by atoms with Crippen molar-refractivity contribution in [1.82, 2.24) is 0 Å². The molecule has 0 saturated heterocycles. The van der Waals surface area contributed by atoms with Crippen molar-refractivity contribution in [3.05, 3.63) is 83.0 Å². The molecule has 0 amide bonds. The molecule has 2 aromatic carbocycles. The van der Waals surface area contributed by atoms with Crippen LogP contribution in [-0.2, 0) is 6.42 Å². The van der Waals surface area contributed by atoms with Gasteiger partial charge in [-0.05, 0) is 66.3 Å². The first-order valence-corrected chi connectivity index (χ1v) is 11.7. The summed E-state index contributed by atoms with van der Waals surface area (Å²) in [4.78, 5) is 0. The van der Waals surface area contributed by atoms with E-state index in [0.29, 0.717) is 18.1 Å². The van der Waals surface area contributed by atoms with Crippen molar-refractivity contribution in [3.8, 4) is 11.5 Å². The number of ether oxygens (including phenoxy) is 2. The van der Waals surface area contributed by atoms with Crippen LogP contribution in [0.4, 0.5) is 0 Å². The van der Waals surface area contributed by atoms with Crippen LogP contribution >= 0.6 is 0 Å². The largest absolute Gasteiger partial charge is 0.497 e. The number of aryl methyl sites for hydroxylation is 1. The van der Waals surface area contributed by atoms with Gasteiger partial charge in [-0.3, -0.25) is 0 Å². The zero-order chi connectivity index (χ0) is 23.4. The Balaban J connectivity index is 1.70. The third kappa shape index (κ3) is 4.83. The molecule has 0 heterocycles. The first-order valence-electron chi connectivity index (χ1n) is 11.7. The highest BCUT2D eigenvalue weighted by atomic mass is 16.5. The smallest absolute Gasteiger partial charge is 0.122 e. The summed E-state index contributed by atoms with van der Waals surface area (Å²) in [5.74, 6) is 2.30. The second-order valence-corrected chi connectivity index (χ2v) is 9.00. The molecule has 0 aromatic heterocycles. The Labute approximate surface area is 196 Å². The summed E-state index contributed by atoms with van der Waals surface area (Å²) < 4.78 is 10.9. The van der Waals surface area contributed by atoms with Gasteiger partial charge in [0.1, 0.15) is 17.2 Å². The van der Waals surface area contributed by atoms with E-state index < -0.39 is 6.10 Å². The number of nitrogens with zero attached hydrogens (tertiary/aromatic N) is 1.